The lowest BCUT2D eigenvalue weighted by atomic mass is 10.1. The lowest BCUT2D eigenvalue weighted by Crippen LogP contribution is -2.38. The number of fused-ring (bicyclic) bond motifs is 1. The summed E-state index contributed by atoms with van der Waals surface area (Å²) in [7, 11) is -3.45. The summed E-state index contributed by atoms with van der Waals surface area (Å²) in [4.78, 5) is 15.8. The van der Waals surface area contributed by atoms with Crippen LogP contribution >= 0.6 is 0 Å². The molecule has 0 radical (unpaired) electrons. The summed E-state index contributed by atoms with van der Waals surface area (Å²) in [5, 5.41) is 0. The molecule has 0 unspecified atom stereocenters. The van der Waals surface area contributed by atoms with Crippen LogP contribution in [0.25, 0.3) is 0 Å². The minimum atomic E-state index is -4.57. The normalized spacial score (nSPS) is 23.0. The second-order valence-corrected chi connectivity index (χ2v) is 9.36. The number of anilines is 2. The first kappa shape index (κ1) is 20.5. The van der Waals surface area contributed by atoms with Crippen LogP contribution in [-0.4, -0.2) is 44.6 Å². The number of rotatable bonds is 4. The Morgan fingerprint density at radius 1 is 1.00 bits per heavy atom. The van der Waals surface area contributed by atoms with Crippen LogP contribution in [0.4, 0.5) is 29.3 Å². The predicted octanol–water partition coefficient (Wildman–Crippen LogP) is 3.72. The van der Waals surface area contributed by atoms with Gasteiger partial charge in [0.2, 0.25) is 0 Å². The van der Waals surface area contributed by atoms with Gasteiger partial charge in [0.1, 0.15) is 5.75 Å². The van der Waals surface area contributed by atoms with Crippen LogP contribution in [0.5, 0.6) is 5.75 Å². The van der Waals surface area contributed by atoms with Crippen molar-refractivity contribution in [3.8, 4) is 5.75 Å². The van der Waals surface area contributed by atoms with Gasteiger partial charge in [0.25, 0.3) is 0 Å². The number of benzene rings is 2. The third-order valence-electron chi connectivity index (χ3n) is 5.25. The summed E-state index contributed by atoms with van der Waals surface area (Å²) >= 11 is 0. The molecule has 2 heterocycles. The van der Waals surface area contributed by atoms with Gasteiger partial charge in [-0.05, 0) is 49.4 Å². The van der Waals surface area contributed by atoms with Crippen LogP contribution in [0.2, 0.25) is 0 Å². The molecule has 0 bridgehead atoms. The average molecular weight is 440 g/mol. The number of sulfone groups is 1. The summed E-state index contributed by atoms with van der Waals surface area (Å²) in [6.07, 6.45) is -4.57. The van der Waals surface area contributed by atoms with Gasteiger partial charge in [-0.25, -0.2) is 13.2 Å². The molecular weight excluding hydrogens is 421 g/mol. The van der Waals surface area contributed by atoms with E-state index in [0.717, 1.165) is 12.1 Å². The molecule has 30 heavy (non-hydrogen) atoms. The van der Waals surface area contributed by atoms with Gasteiger partial charge in [-0.3, -0.25) is 9.80 Å². The molecular formula is C20H19F3N2O4S. The van der Waals surface area contributed by atoms with Gasteiger partial charge in [0, 0.05) is 11.4 Å². The van der Waals surface area contributed by atoms with Crippen molar-refractivity contribution in [3.63, 3.8) is 0 Å². The molecule has 0 saturated carbocycles. The minimum absolute atomic E-state index is 0.0235. The Morgan fingerprint density at radius 3 is 2.17 bits per heavy atom. The van der Waals surface area contributed by atoms with Crippen LogP contribution in [0.15, 0.2) is 48.5 Å². The van der Waals surface area contributed by atoms with Crippen molar-refractivity contribution >= 4 is 27.2 Å². The number of halogens is 3. The van der Waals surface area contributed by atoms with Crippen molar-refractivity contribution in [2.24, 2.45) is 0 Å². The summed E-state index contributed by atoms with van der Waals surface area (Å²) in [5.41, 5.74) is -0.412. The highest BCUT2D eigenvalue weighted by Crippen LogP contribution is 2.40. The van der Waals surface area contributed by atoms with Crippen molar-refractivity contribution in [2.75, 3.05) is 27.9 Å². The fourth-order valence-corrected chi connectivity index (χ4v) is 5.93. The molecule has 2 aliphatic heterocycles. The minimum Gasteiger partial charge on any atom is -0.494 e. The van der Waals surface area contributed by atoms with Crippen LogP contribution in [0.1, 0.15) is 12.5 Å². The van der Waals surface area contributed by atoms with Gasteiger partial charge in [-0.15, -0.1) is 0 Å². The number of hydrogen-bond donors (Lipinski definition) is 0. The van der Waals surface area contributed by atoms with Crippen LogP contribution in [0.3, 0.4) is 0 Å². The molecule has 2 atom stereocenters. The second kappa shape index (κ2) is 7.19. The van der Waals surface area contributed by atoms with Crippen molar-refractivity contribution in [1.82, 2.24) is 0 Å². The third-order valence-corrected chi connectivity index (χ3v) is 6.95. The second-order valence-electron chi connectivity index (χ2n) is 7.21. The highest BCUT2D eigenvalue weighted by Gasteiger charge is 2.54. The molecule has 0 spiro atoms. The van der Waals surface area contributed by atoms with Gasteiger partial charge in [0.15, 0.2) is 9.84 Å². The van der Waals surface area contributed by atoms with Gasteiger partial charge < -0.3 is 4.74 Å². The number of hydrogen-bond acceptors (Lipinski definition) is 4. The van der Waals surface area contributed by atoms with Gasteiger partial charge >= 0.3 is 12.2 Å². The zero-order valence-electron chi connectivity index (χ0n) is 16.0. The van der Waals surface area contributed by atoms with E-state index in [1.54, 1.807) is 24.3 Å². The molecule has 0 aliphatic carbocycles. The Kier molecular flexibility index (Phi) is 4.92. The Balaban J connectivity index is 1.75. The lowest BCUT2D eigenvalue weighted by Gasteiger charge is -2.23. The zero-order chi connectivity index (χ0) is 21.7. The molecule has 2 fully saturated rings. The molecule has 4 rings (SSSR count). The van der Waals surface area contributed by atoms with Crippen molar-refractivity contribution in [1.29, 1.82) is 0 Å². The van der Waals surface area contributed by atoms with E-state index >= 15 is 0 Å². The number of carbonyl (C=O) groups excluding carboxylic acids is 1. The topological polar surface area (TPSA) is 66.9 Å². The summed E-state index contributed by atoms with van der Waals surface area (Å²) in [5.74, 6) is 0.0532. The molecule has 2 aromatic rings. The Bertz CT molecular complexity index is 1070. The smallest absolute Gasteiger partial charge is 0.416 e. The van der Waals surface area contributed by atoms with Crippen molar-refractivity contribution in [3.05, 3.63) is 54.1 Å². The first-order valence-electron chi connectivity index (χ1n) is 9.34. The number of carbonyl (C=O) groups is 1. The van der Waals surface area contributed by atoms with E-state index in [4.69, 9.17) is 4.74 Å². The highest BCUT2D eigenvalue weighted by molar-refractivity contribution is 7.91. The van der Waals surface area contributed by atoms with E-state index in [1.807, 2.05) is 6.92 Å². The molecule has 0 N–H and O–H groups in total. The van der Waals surface area contributed by atoms with Crippen molar-refractivity contribution in [2.45, 2.75) is 25.2 Å². The first-order chi connectivity index (χ1) is 14.1. The van der Waals surface area contributed by atoms with E-state index in [0.29, 0.717) is 18.0 Å². The van der Waals surface area contributed by atoms with Gasteiger partial charge in [0.05, 0.1) is 35.8 Å². The molecule has 2 saturated heterocycles. The number of amides is 2. The maximum absolute atomic E-state index is 13.2. The quantitative estimate of drug-likeness (QED) is 0.680. The third kappa shape index (κ3) is 3.60. The van der Waals surface area contributed by atoms with Crippen molar-refractivity contribution < 1.29 is 31.1 Å². The molecule has 2 aromatic carbocycles. The Morgan fingerprint density at radius 2 is 1.60 bits per heavy atom. The fourth-order valence-electron chi connectivity index (χ4n) is 4.01. The summed E-state index contributed by atoms with van der Waals surface area (Å²) < 4.78 is 69.5. The van der Waals surface area contributed by atoms with Crippen LogP contribution in [0, 0.1) is 0 Å². The number of nitrogens with zero attached hydrogens (tertiary/aromatic N) is 2. The Hall–Kier alpha value is -2.75. The maximum atomic E-state index is 13.2. The standard InChI is InChI=1S/C20H19F3N2O4S/c1-2-29-16-8-6-14(7-9-16)24-17-11-30(27,28)12-18(17)25(19(24)26)15-5-3-4-13(10-15)20(21,22)23/h3-10,17-18H,2,11-12H2,1H3/t17-,18-/m1/s1. The maximum Gasteiger partial charge on any atom is 0.416 e. The molecule has 160 valence electrons. The van der Waals surface area contributed by atoms with E-state index < -0.39 is 39.7 Å². The summed E-state index contributed by atoms with van der Waals surface area (Å²) in [6.45, 7) is 2.30. The summed E-state index contributed by atoms with van der Waals surface area (Å²) in [6, 6.07) is 8.99. The highest BCUT2D eigenvalue weighted by atomic mass is 32.2. The first-order valence-corrected chi connectivity index (χ1v) is 11.2. The van der Waals surface area contributed by atoms with E-state index in [2.05, 4.69) is 0 Å². The Labute approximate surface area is 171 Å². The van der Waals surface area contributed by atoms with Crippen LogP contribution < -0.4 is 14.5 Å². The zero-order valence-corrected chi connectivity index (χ0v) is 16.8. The van der Waals surface area contributed by atoms with E-state index in [1.165, 1.54) is 21.9 Å². The lowest BCUT2D eigenvalue weighted by molar-refractivity contribution is -0.137. The van der Waals surface area contributed by atoms with E-state index in [9.17, 15) is 26.4 Å². The largest absolute Gasteiger partial charge is 0.494 e. The monoisotopic (exact) mass is 440 g/mol. The number of ether oxygens (including phenoxy) is 1. The molecule has 2 amide bonds. The molecule has 10 heteroatoms. The SMILES string of the molecule is CCOc1ccc(N2C(=O)N(c3cccc(C(F)(F)F)c3)[C@@H]3CS(=O)(=O)C[C@H]32)cc1. The molecule has 6 nitrogen and oxygen atoms in total. The van der Waals surface area contributed by atoms with E-state index in [-0.39, 0.29) is 17.2 Å². The fraction of sp³-hybridized carbons (Fsp3) is 0.350. The average Bonchev–Trinajstić information content (AvgIpc) is 3.10. The predicted molar refractivity (Wildman–Crippen MR) is 106 cm³/mol. The molecule has 0 aromatic heterocycles. The van der Waals surface area contributed by atoms with Gasteiger partial charge in [-0.2, -0.15) is 13.2 Å². The van der Waals surface area contributed by atoms with Gasteiger partial charge in [-0.1, -0.05) is 6.07 Å². The molecule has 2 aliphatic rings. The number of urea groups is 1. The number of alkyl halides is 3. The van der Waals surface area contributed by atoms with Crippen LogP contribution in [-0.2, 0) is 16.0 Å².